The van der Waals surface area contributed by atoms with E-state index in [4.69, 9.17) is 9.47 Å². The van der Waals surface area contributed by atoms with E-state index in [1.165, 1.54) is 19.9 Å². The fourth-order valence-corrected chi connectivity index (χ4v) is 4.07. The zero-order chi connectivity index (χ0) is 21.2. The molecule has 2 aliphatic rings. The highest BCUT2D eigenvalue weighted by molar-refractivity contribution is 5.79. The predicted octanol–water partition coefficient (Wildman–Crippen LogP) is 0.616. The molecule has 2 saturated heterocycles. The van der Waals surface area contributed by atoms with E-state index in [1.54, 1.807) is 18.2 Å². The second kappa shape index (κ2) is 8.69. The summed E-state index contributed by atoms with van der Waals surface area (Å²) in [5.41, 5.74) is -1.27. The van der Waals surface area contributed by atoms with Gasteiger partial charge >= 0.3 is 11.9 Å². The van der Waals surface area contributed by atoms with Crippen molar-refractivity contribution < 1.29 is 34.4 Å². The molecule has 160 valence electrons. The first kappa shape index (κ1) is 21.5. The number of nitrogens with zero attached hydrogens (tertiary/aromatic N) is 1. The molecule has 0 saturated carbocycles. The second-order valence-corrected chi connectivity index (χ2v) is 8.16. The number of ether oxygens (including phenoxy) is 2. The molecule has 8 heteroatoms. The molecule has 0 bridgehead atoms. The number of aromatic hydroxyl groups is 1. The normalized spacial score (nSPS) is 27.1. The second-order valence-electron chi connectivity index (χ2n) is 8.16. The topological polar surface area (TPSA) is 117 Å². The van der Waals surface area contributed by atoms with Gasteiger partial charge in [-0.15, -0.1) is 0 Å². The van der Waals surface area contributed by atoms with Crippen LogP contribution in [0.15, 0.2) is 24.3 Å². The highest BCUT2D eigenvalue weighted by Crippen LogP contribution is 2.35. The first-order valence-electron chi connectivity index (χ1n) is 9.97. The molecule has 3 N–H and O–H groups in total. The summed E-state index contributed by atoms with van der Waals surface area (Å²) >= 11 is 0. The smallest absolute Gasteiger partial charge is 0.340 e. The van der Waals surface area contributed by atoms with Crippen LogP contribution in [-0.4, -0.2) is 75.7 Å². The molecule has 0 spiro atoms. The molecule has 2 aliphatic heterocycles. The molecular weight excluding hydrogens is 378 g/mol. The van der Waals surface area contributed by atoms with E-state index in [0.717, 1.165) is 19.5 Å². The summed E-state index contributed by atoms with van der Waals surface area (Å²) in [6, 6.07) is 6.48. The van der Waals surface area contributed by atoms with Crippen LogP contribution in [0.3, 0.4) is 0 Å². The Morgan fingerprint density at radius 3 is 2.72 bits per heavy atom. The van der Waals surface area contributed by atoms with Gasteiger partial charge in [0, 0.05) is 12.5 Å². The summed E-state index contributed by atoms with van der Waals surface area (Å²) in [6.45, 7) is 4.30. The molecule has 2 fully saturated rings. The number of benzene rings is 1. The first-order chi connectivity index (χ1) is 13.7. The van der Waals surface area contributed by atoms with Crippen LogP contribution >= 0.6 is 0 Å². The zero-order valence-electron chi connectivity index (χ0n) is 16.8. The number of phenols is 1. The summed E-state index contributed by atoms with van der Waals surface area (Å²) in [5, 5.41) is 29.1. The molecule has 2 heterocycles. The average Bonchev–Trinajstić information content (AvgIpc) is 3.22. The maximum Gasteiger partial charge on any atom is 0.340 e. The molecule has 0 unspecified atom stereocenters. The van der Waals surface area contributed by atoms with Gasteiger partial charge in [-0.1, -0.05) is 12.1 Å². The van der Waals surface area contributed by atoms with Gasteiger partial charge in [-0.3, -0.25) is 9.69 Å². The fourth-order valence-electron chi connectivity index (χ4n) is 4.07. The highest BCUT2D eigenvalue weighted by Gasteiger charge is 2.47. The van der Waals surface area contributed by atoms with E-state index in [0.29, 0.717) is 12.0 Å². The van der Waals surface area contributed by atoms with Crippen LogP contribution in [0.5, 0.6) is 5.75 Å². The van der Waals surface area contributed by atoms with Crippen molar-refractivity contribution >= 4 is 11.9 Å². The summed E-state index contributed by atoms with van der Waals surface area (Å²) in [4.78, 5) is 26.7. The standard InChI is InChI=1S/C21H29NO7/c1-13(23)21(2,27)20(26)28-12-15-6-8-22-9-7-17(19(15)22)29-18(25)11-14-4-3-5-16(24)10-14/h3-5,10,13,15,17,19,23-24,27H,6-9,11-12H2,1-2H3/t13-,15-,17+,19+,21-/m0/s1. The molecule has 8 nitrogen and oxygen atoms in total. The van der Waals surface area contributed by atoms with Gasteiger partial charge in [0.15, 0.2) is 5.60 Å². The molecule has 0 aliphatic carbocycles. The number of aliphatic hydroxyl groups excluding tert-OH is 1. The van der Waals surface area contributed by atoms with E-state index >= 15 is 0 Å². The Balaban J connectivity index is 1.56. The molecule has 1 aromatic rings. The lowest BCUT2D eigenvalue weighted by Crippen LogP contribution is -2.47. The molecule has 0 amide bonds. The van der Waals surface area contributed by atoms with E-state index in [-0.39, 0.29) is 42.8 Å². The Bertz CT molecular complexity index is 748. The fraction of sp³-hybridized carbons (Fsp3) is 0.619. The van der Waals surface area contributed by atoms with E-state index < -0.39 is 17.7 Å². The van der Waals surface area contributed by atoms with Crippen molar-refractivity contribution in [1.29, 1.82) is 0 Å². The minimum atomic E-state index is -1.96. The Morgan fingerprint density at radius 1 is 1.31 bits per heavy atom. The van der Waals surface area contributed by atoms with E-state index in [2.05, 4.69) is 4.90 Å². The van der Waals surface area contributed by atoms with Gasteiger partial charge in [0.05, 0.1) is 25.2 Å². The van der Waals surface area contributed by atoms with Gasteiger partial charge in [0.1, 0.15) is 11.9 Å². The maximum atomic E-state index is 12.4. The Morgan fingerprint density at radius 2 is 2.03 bits per heavy atom. The monoisotopic (exact) mass is 407 g/mol. The van der Waals surface area contributed by atoms with Crippen molar-refractivity contribution in [3.8, 4) is 5.75 Å². The number of hydrogen-bond donors (Lipinski definition) is 3. The SMILES string of the molecule is C[C@H](O)[C@](C)(O)C(=O)OC[C@@H]1CCN2CC[C@@H](OC(=O)Cc3cccc(O)c3)[C@@H]12. The molecule has 3 rings (SSSR count). The number of carbonyl (C=O) groups excluding carboxylic acids is 2. The van der Waals surface area contributed by atoms with Gasteiger partial charge in [-0.05, 0) is 50.9 Å². The summed E-state index contributed by atoms with van der Waals surface area (Å²) in [5.74, 6) is -1.12. The molecule has 0 radical (unpaired) electrons. The van der Waals surface area contributed by atoms with Crippen LogP contribution in [0.25, 0.3) is 0 Å². The third kappa shape index (κ3) is 4.88. The average molecular weight is 407 g/mol. The third-order valence-electron chi connectivity index (χ3n) is 5.97. The number of aliphatic hydroxyl groups is 2. The van der Waals surface area contributed by atoms with Crippen molar-refractivity contribution in [2.24, 2.45) is 5.92 Å². The third-order valence-corrected chi connectivity index (χ3v) is 5.97. The minimum Gasteiger partial charge on any atom is -0.508 e. The number of fused-ring (bicyclic) bond motifs is 1. The van der Waals surface area contributed by atoms with E-state index in [1.807, 2.05) is 0 Å². The lowest BCUT2D eigenvalue weighted by Gasteiger charge is -2.28. The molecular formula is C21H29NO7. The Hall–Kier alpha value is -2.16. The van der Waals surface area contributed by atoms with Gasteiger partial charge in [-0.2, -0.15) is 0 Å². The van der Waals surface area contributed by atoms with Crippen molar-refractivity contribution in [1.82, 2.24) is 4.90 Å². The largest absolute Gasteiger partial charge is 0.508 e. The van der Waals surface area contributed by atoms with Crippen LogP contribution in [0.2, 0.25) is 0 Å². The predicted molar refractivity (Wildman–Crippen MR) is 103 cm³/mol. The maximum absolute atomic E-state index is 12.4. The van der Waals surface area contributed by atoms with Crippen LogP contribution in [0, 0.1) is 5.92 Å². The van der Waals surface area contributed by atoms with Gasteiger partial charge < -0.3 is 24.8 Å². The number of rotatable bonds is 7. The quantitative estimate of drug-likeness (QED) is 0.563. The Kier molecular flexibility index (Phi) is 6.45. The lowest BCUT2D eigenvalue weighted by molar-refractivity contribution is -0.176. The van der Waals surface area contributed by atoms with Crippen molar-refractivity contribution in [2.75, 3.05) is 19.7 Å². The van der Waals surface area contributed by atoms with Gasteiger partial charge in [-0.25, -0.2) is 4.79 Å². The first-order valence-corrected chi connectivity index (χ1v) is 9.97. The van der Waals surface area contributed by atoms with E-state index in [9.17, 15) is 24.9 Å². The van der Waals surface area contributed by atoms with Crippen molar-refractivity contribution in [3.05, 3.63) is 29.8 Å². The summed E-state index contributed by atoms with van der Waals surface area (Å²) < 4.78 is 11.0. The number of phenolic OH excluding ortho intramolecular Hbond substituents is 1. The number of esters is 2. The number of hydrogen-bond acceptors (Lipinski definition) is 8. The highest BCUT2D eigenvalue weighted by atomic mass is 16.6. The van der Waals surface area contributed by atoms with Crippen molar-refractivity contribution in [2.45, 2.75) is 57.0 Å². The van der Waals surface area contributed by atoms with Gasteiger partial charge in [0.2, 0.25) is 0 Å². The number of carbonyl (C=O) groups is 2. The van der Waals surface area contributed by atoms with Crippen LogP contribution in [-0.2, 0) is 25.5 Å². The van der Waals surface area contributed by atoms with Gasteiger partial charge in [0.25, 0.3) is 0 Å². The minimum absolute atomic E-state index is 0.00943. The molecule has 29 heavy (non-hydrogen) atoms. The Labute approximate surface area is 170 Å². The van der Waals surface area contributed by atoms with Crippen molar-refractivity contribution in [3.63, 3.8) is 0 Å². The molecule has 1 aromatic carbocycles. The van der Waals surface area contributed by atoms with Crippen LogP contribution < -0.4 is 0 Å². The lowest BCUT2D eigenvalue weighted by atomic mass is 9.96. The van der Waals surface area contributed by atoms with Crippen LogP contribution in [0.1, 0.15) is 32.3 Å². The molecule has 5 atom stereocenters. The summed E-state index contributed by atoms with van der Waals surface area (Å²) in [7, 11) is 0. The summed E-state index contributed by atoms with van der Waals surface area (Å²) in [6.07, 6.45) is 0.0619. The molecule has 0 aromatic heterocycles. The zero-order valence-corrected chi connectivity index (χ0v) is 16.8. The van der Waals surface area contributed by atoms with Crippen LogP contribution in [0.4, 0.5) is 0 Å².